The van der Waals surface area contributed by atoms with Crippen molar-refractivity contribution in [3.05, 3.63) is 41.6 Å². The lowest BCUT2D eigenvalue weighted by molar-refractivity contribution is -0.274. The van der Waals surface area contributed by atoms with Crippen LogP contribution in [0.1, 0.15) is 68.9 Å². The molecule has 45 heavy (non-hydrogen) atoms. The number of rotatable bonds is 11. The third-order valence-electron chi connectivity index (χ3n) is 10.5. The maximum Gasteiger partial charge on any atom is 0.573 e. The molecule has 244 valence electrons. The Labute approximate surface area is 261 Å². The normalized spacial score (nSPS) is 30.9. The van der Waals surface area contributed by atoms with E-state index in [1.165, 1.54) is 37.2 Å². The number of ether oxygens (including phenoxy) is 1. The van der Waals surface area contributed by atoms with Crippen LogP contribution in [0, 0.1) is 40.4 Å². The average molecular weight is 648 g/mol. The Balaban J connectivity index is 1.06. The summed E-state index contributed by atoms with van der Waals surface area (Å²) in [5, 5.41) is 25.0. The molecule has 5 aliphatic carbocycles. The summed E-state index contributed by atoms with van der Waals surface area (Å²) in [4.78, 5) is 8.72. The molecular weight excluding hydrogens is 607 g/mol. The van der Waals surface area contributed by atoms with Crippen molar-refractivity contribution < 1.29 is 26.3 Å². The van der Waals surface area contributed by atoms with Crippen molar-refractivity contribution in [1.82, 2.24) is 15.3 Å². The molecule has 1 heterocycles. The molecule has 0 saturated heterocycles. The standard InChI is InChI=1S/C31H40F3N7O3S/c32-31(33,34)44-26-4-2-1-3-21(26)16-38-29-39-17-24(14-35)28(41-29)40-18-30-11-20-9-22(12-30)27(23(10-20)13-30)37-15-19-5-7-25(8-6-19)45(36,42)43/h1-4,17,19-20,22-23,25,27,37H,5-13,15-16,18H2,(H2,36,42,43)(H2,38,39,40,41)/t19-,20?,22-,23+,25-,27-,30-. The third-order valence-corrected chi connectivity index (χ3v) is 11.9. The van der Waals surface area contributed by atoms with Gasteiger partial charge in [-0.05, 0) is 99.5 Å². The zero-order valence-electron chi connectivity index (χ0n) is 25.0. The van der Waals surface area contributed by atoms with Gasteiger partial charge in [-0.15, -0.1) is 13.2 Å². The lowest BCUT2D eigenvalue weighted by atomic mass is 9.48. The van der Waals surface area contributed by atoms with E-state index >= 15 is 0 Å². The van der Waals surface area contributed by atoms with Crippen molar-refractivity contribution in [2.24, 2.45) is 34.2 Å². The zero-order valence-corrected chi connectivity index (χ0v) is 25.8. The summed E-state index contributed by atoms with van der Waals surface area (Å²) in [7, 11) is -3.45. The van der Waals surface area contributed by atoms with Crippen LogP contribution in [0.2, 0.25) is 0 Å². The summed E-state index contributed by atoms with van der Waals surface area (Å²) >= 11 is 0. The summed E-state index contributed by atoms with van der Waals surface area (Å²) in [6.07, 6.45) is 5.45. The molecule has 5 aliphatic rings. The molecule has 10 nitrogen and oxygen atoms in total. The summed E-state index contributed by atoms with van der Waals surface area (Å²) < 4.78 is 66.1. The second-order valence-electron chi connectivity index (χ2n) is 13.6. The van der Waals surface area contributed by atoms with Gasteiger partial charge in [-0.25, -0.2) is 18.5 Å². The Morgan fingerprint density at radius 3 is 2.44 bits per heavy atom. The highest BCUT2D eigenvalue weighted by atomic mass is 32.2. The van der Waals surface area contributed by atoms with Crippen LogP contribution in [0.3, 0.4) is 0 Å². The number of nitrogens with one attached hydrogen (secondary N) is 3. The smallest absolute Gasteiger partial charge is 0.405 e. The van der Waals surface area contributed by atoms with Crippen molar-refractivity contribution >= 4 is 21.8 Å². The summed E-state index contributed by atoms with van der Waals surface area (Å²) in [6, 6.07) is 8.50. The highest BCUT2D eigenvalue weighted by Gasteiger charge is 2.55. The van der Waals surface area contributed by atoms with Gasteiger partial charge in [0.2, 0.25) is 16.0 Å². The molecule has 5 fully saturated rings. The number of nitrogens with two attached hydrogens (primary N) is 1. The number of nitriles is 1. The van der Waals surface area contributed by atoms with Gasteiger partial charge in [-0.2, -0.15) is 10.2 Å². The fourth-order valence-corrected chi connectivity index (χ4v) is 9.64. The first-order valence-corrected chi connectivity index (χ1v) is 17.3. The van der Waals surface area contributed by atoms with Crippen LogP contribution in [0.15, 0.2) is 30.5 Å². The number of hydrogen-bond donors (Lipinski definition) is 4. The summed E-state index contributed by atoms with van der Waals surface area (Å²) in [5.41, 5.74) is 0.717. The number of nitrogens with zero attached hydrogens (tertiary/aromatic N) is 3. The van der Waals surface area contributed by atoms with Gasteiger partial charge in [-0.1, -0.05) is 18.2 Å². The first kappa shape index (κ1) is 31.8. The van der Waals surface area contributed by atoms with Crippen LogP contribution in [0.5, 0.6) is 5.75 Å². The molecule has 1 aromatic carbocycles. The van der Waals surface area contributed by atoms with Crippen LogP contribution < -0.4 is 25.8 Å². The lowest BCUT2D eigenvalue weighted by Gasteiger charge is -2.60. The van der Waals surface area contributed by atoms with E-state index in [2.05, 4.69) is 36.7 Å². The second kappa shape index (κ2) is 12.6. The number of alkyl halides is 3. The van der Waals surface area contributed by atoms with Crippen LogP contribution in [0.4, 0.5) is 24.9 Å². The molecule has 2 aromatic rings. The van der Waals surface area contributed by atoms with E-state index in [4.69, 9.17) is 5.14 Å². The van der Waals surface area contributed by atoms with Crippen LogP contribution >= 0.6 is 0 Å². The second-order valence-corrected chi connectivity index (χ2v) is 15.4. The molecular formula is C31H40F3N7O3S. The molecule has 5 atom stereocenters. The van der Waals surface area contributed by atoms with Crippen molar-refractivity contribution in [2.75, 3.05) is 23.7 Å². The monoisotopic (exact) mass is 647 g/mol. The topological polar surface area (TPSA) is 155 Å². The molecule has 0 amide bonds. The first-order chi connectivity index (χ1) is 21.4. The molecule has 0 radical (unpaired) electrons. The highest BCUT2D eigenvalue weighted by molar-refractivity contribution is 7.89. The summed E-state index contributed by atoms with van der Waals surface area (Å²) in [5.74, 6) is 2.64. The number of primary sulfonamides is 1. The Bertz CT molecular complexity index is 1510. The fraction of sp³-hybridized carbons (Fsp3) is 0.645. The Morgan fingerprint density at radius 1 is 1.07 bits per heavy atom. The molecule has 5 N–H and O–H groups in total. The lowest BCUT2D eigenvalue weighted by Crippen LogP contribution is -2.60. The van der Waals surface area contributed by atoms with E-state index < -0.39 is 21.6 Å². The Morgan fingerprint density at radius 2 is 1.78 bits per heavy atom. The molecule has 14 heteroatoms. The average Bonchev–Trinajstić information content (AvgIpc) is 2.98. The quantitative estimate of drug-likeness (QED) is 0.267. The SMILES string of the molecule is N#Cc1cnc(NCc2ccccc2OC(F)(F)F)nc1NC[C@]12CC3C[C@H](C1)[C@@H](NC[C@H]1CC[C@H](S(N)(=O)=O)CC1)[C@@H](C3)C2. The predicted molar refractivity (Wildman–Crippen MR) is 162 cm³/mol. The van der Waals surface area contributed by atoms with Crippen molar-refractivity contribution in [2.45, 2.75) is 82.0 Å². The predicted octanol–water partition coefficient (Wildman–Crippen LogP) is 4.90. The number of hydrogen-bond acceptors (Lipinski definition) is 9. The largest absolute Gasteiger partial charge is 0.573 e. The van der Waals surface area contributed by atoms with Gasteiger partial charge in [0, 0.05) is 24.7 Å². The molecule has 0 spiro atoms. The van der Waals surface area contributed by atoms with Gasteiger partial charge in [0.25, 0.3) is 0 Å². The maximum absolute atomic E-state index is 12.8. The van der Waals surface area contributed by atoms with Crippen molar-refractivity contribution in [1.29, 1.82) is 5.26 Å². The van der Waals surface area contributed by atoms with E-state index in [9.17, 15) is 26.9 Å². The minimum atomic E-state index is -4.80. The number of para-hydroxylation sites is 1. The Hall–Kier alpha value is -3.15. The Kier molecular flexibility index (Phi) is 8.88. The minimum absolute atomic E-state index is 0.00845. The van der Waals surface area contributed by atoms with Crippen molar-refractivity contribution in [3.63, 3.8) is 0 Å². The molecule has 7 rings (SSSR count). The van der Waals surface area contributed by atoms with E-state index in [-0.39, 0.29) is 23.7 Å². The van der Waals surface area contributed by atoms with Crippen LogP contribution in [-0.2, 0) is 16.6 Å². The van der Waals surface area contributed by atoms with Crippen LogP contribution in [0.25, 0.3) is 0 Å². The minimum Gasteiger partial charge on any atom is -0.405 e. The number of aromatic nitrogens is 2. The molecule has 1 unspecified atom stereocenters. The van der Waals surface area contributed by atoms with Gasteiger partial charge in [-0.3, -0.25) is 0 Å². The van der Waals surface area contributed by atoms with Crippen molar-refractivity contribution in [3.8, 4) is 11.8 Å². The molecule has 5 saturated carbocycles. The third kappa shape index (κ3) is 7.47. The van der Waals surface area contributed by atoms with Gasteiger partial charge in [0.15, 0.2) is 0 Å². The highest BCUT2D eigenvalue weighted by Crippen LogP contribution is 2.60. The van der Waals surface area contributed by atoms with Gasteiger partial charge in [0.1, 0.15) is 23.2 Å². The first-order valence-electron chi connectivity index (χ1n) is 15.7. The fourth-order valence-electron chi connectivity index (χ4n) is 8.71. The van der Waals surface area contributed by atoms with E-state index in [0.29, 0.717) is 66.0 Å². The maximum atomic E-state index is 12.8. The van der Waals surface area contributed by atoms with Gasteiger partial charge < -0.3 is 20.7 Å². The zero-order chi connectivity index (χ0) is 31.8. The molecule has 0 aliphatic heterocycles. The number of benzene rings is 1. The number of anilines is 2. The van der Waals surface area contributed by atoms with E-state index in [0.717, 1.165) is 38.6 Å². The number of sulfonamides is 1. The summed E-state index contributed by atoms with van der Waals surface area (Å²) in [6.45, 7) is 1.61. The van der Waals surface area contributed by atoms with Gasteiger partial charge in [0.05, 0.1) is 11.4 Å². The van der Waals surface area contributed by atoms with Gasteiger partial charge >= 0.3 is 6.36 Å². The molecule has 1 aromatic heterocycles. The van der Waals surface area contributed by atoms with Crippen LogP contribution in [-0.4, -0.2) is 49.1 Å². The van der Waals surface area contributed by atoms with E-state index in [1.54, 1.807) is 6.07 Å². The number of halogens is 3. The molecule has 4 bridgehead atoms. The van der Waals surface area contributed by atoms with E-state index in [1.807, 2.05) is 0 Å².